The van der Waals surface area contributed by atoms with Crippen LogP contribution in [0.3, 0.4) is 0 Å². The maximum Gasteiger partial charge on any atom is 0.436 e. The van der Waals surface area contributed by atoms with Crippen LogP contribution in [-0.2, 0) is 6.18 Å². The summed E-state index contributed by atoms with van der Waals surface area (Å²) in [4.78, 5) is 65.1. The van der Waals surface area contributed by atoms with Gasteiger partial charge in [0.1, 0.15) is 35.7 Å². The fourth-order valence-electron chi connectivity index (χ4n) is 8.41. The van der Waals surface area contributed by atoms with Crippen LogP contribution in [0.2, 0.25) is 5.02 Å². The lowest BCUT2D eigenvalue weighted by molar-refractivity contribution is -0.154. The van der Waals surface area contributed by atoms with E-state index in [9.17, 15) is 39.5 Å². The lowest BCUT2D eigenvalue weighted by atomic mass is 10.2. The van der Waals surface area contributed by atoms with Crippen molar-refractivity contribution in [2.45, 2.75) is 95.4 Å². The van der Waals surface area contributed by atoms with Crippen LogP contribution in [-0.4, -0.2) is 114 Å². The molecule has 34 heteroatoms. The minimum Gasteiger partial charge on any atom is -0.480 e. The molecule has 1 aromatic carbocycles. The number of nitrogens with zero attached hydrogens (tertiary/aromatic N) is 17. The summed E-state index contributed by atoms with van der Waals surface area (Å²) in [7, 11) is 4.48. The lowest BCUT2D eigenvalue weighted by Gasteiger charge is -2.07. The molecule has 14 aromatic heterocycles. The zero-order valence-corrected chi connectivity index (χ0v) is 68.0. The van der Waals surface area contributed by atoms with Crippen LogP contribution < -0.4 is 18.9 Å². The number of halogens is 10. The van der Waals surface area contributed by atoms with E-state index < -0.39 is 36.3 Å². The van der Waals surface area contributed by atoms with E-state index in [1.807, 2.05) is 109 Å². The number of para-hydroxylation sites is 1. The van der Waals surface area contributed by atoms with Gasteiger partial charge in [0.15, 0.2) is 23.9 Å². The summed E-state index contributed by atoms with van der Waals surface area (Å²) in [5.74, 6) is 1.00. The largest absolute Gasteiger partial charge is 0.480 e. The van der Waals surface area contributed by atoms with Gasteiger partial charge in [-0.2, -0.15) is 30.7 Å². The van der Waals surface area contributed by atoms with Gasteiger partial charge < -0.3 is 37.0 Å². The van der Waals surface area contributed by atoms with Gasteiger partial charge in [-0.15, -0.1) is 4.98 Å². The van der Waals surface area contributed by atoms with Crippen molar-refractivity contribution in [2.75, 3.05) is 27.9 Å². The molecule has 0 amide bonds. The first-order chi connectivity index (χ1) is 56.6. The van der Waals surface area contributed by atoms with Crippen LogP contribution in [0.1, 0.15) is 72.6 Å². The Kier molecular flexibility index (Phi) is 39.9. The summed E-state index contributed by atoms with van der Waals surface area (Å²) in [6.45, 7) is 27.6. The summed E-state index contributed by atoms with van der Waals surface area (Å²) < 4.78 is 142. The summed E-state index contributed by atoms with van der Waals surface area (Å²) >= 11 is 5.74. The van der Waals surface area contributed by atoms with Crippen molar-refractivity contribution in [3.05, 3.63) is 328 Å². The molecule has 15 aromatic rings. The number of aromatic nitrogens is 16. The molecule has 0 saturated heterocycles. The Hall–Kier alpha value is -14.0. The van der Waals surface area contributed by atoms with Crippen LogP contribution in [0.15, 0.2) is 234 Å². The molecular weight excluding hydrogens is 1580 g/mol. The third kappa shape index (κ3) is 37.0. The lowest BCUT2D eigenvalue weighted by Crippen LogP contribution is -2.19. The fraction of sp³-hybridized carbons (Fsp3) is 0.212. The molecule has 0 radical (unpaired) electrons. The molecule has 14 heterocycles. The van der Waals surface area contributed by atoms with Crippen molar-refractivity contribution in [1.82, 2.24) is 79.7 Å². The van der Waals surface area contributed by atoms with Gasteiger partial charge in [-0.25, -0.2) is 68.6 Å². The van der Waals surface area contributed by atoms with Gasteiger partial charge in [0.2, 0.25) is 41.2 Å². The smallest absolute Gasteiger partial charge is 0.436 e. The molecule has 0 saturated carbocycles. The van der Waals surface area contributed by atoms with E-state index in [-0.39, 0.29) is 17.7 Å². The Morgan fingerprint density at radius 1 is 0.412 bits per heavy atom. The number of hydrogen-bond acceptors (Lipinski definition) is 23. The van der Waals surface area contributed by atoms with E-state index in [0.29, 0.717) is 57.4 Å². The normalized spacial score (nSPS) is 10.1. The van der Waals surface area contributed by atoms with Crippen molar-refractivity contribution in [3.8, 4) is 58.4 Å². The van der Waals surface area contributed by atoms with Gasteiger partial charge in [0.25, 0.3) is 11.7 Å². The molecule has 620 valence electrons. The highest BCUT2D eigenvalue weighted by Gasteiger charge is 2.36. The second kappa shape index (κ2) is 49.7. The zero-order valence-electron chi connectivity index (χ0n) is 67.2. The number of aryl methyl sites for hydroxylation is 12. The second-order valence-electron chi connectivity index (χ2n) is 24.8. The average molecular weight is 1660 g/mol. The van der Waals surface area contributed by atoms with Crippen molar-refractivity contribution in [3.63, 3.8) is 0 Å². The van der Waals surface area contributed by atoms with Crippen molar-refractivity contribution >= 4 is 28.3 Å². The molecule has 0 aliphatic carbocycles. The molecule has 0 bridgehead atoms. The number of hydrogen-bond donors (Lipinski definition) is 0. The fourth-order valence-corrected chi connectivity index (χ4v) is 8.71. The number of benzene rings is 1. The van der Waals surface area contributed by atoms with E-state index in [1.54, 1.807) is 134 Å². The minimum atomic E-state index is -4.71. The molecule has 0 aliphatic heterocycles. The highest BCUT2D eigenvalue weighted by molar-refractivity contribution is 6.31. The molecule has 24 nitrogen and oxygen atoms in total. The Morgan fingerprint density at radius 2 is 0.908 bits per heavy atom. The maximum absolute atomic E-state index is 12.7. The summed E-state index contributed by atoms with van der Waals surface area (Å²) in [5, 5.41) is 1.77. The van der Waals surface area contributed by atoms with Crippen LogP contribution in [0.25, 0.3) is 50.5 Å². The van der Waals surface area contributed by atoms with Gasteiger partial charge in [-0.1, -0.05) is 60.6 Å². The van der Waals surface area contributed by atoms with Gasteiger partial charge in [0, 0.05) is 97.1 Å². The van der Waals surface area contributed by atoms with E-state index >= 15 is 0 Å². The van der Waals surface area contributed by atoms with Crippen molar-refractivity contribution in [1.29, 1.82) is 0 Å². The second-order valence-corrected chi connectivity index (χ2v) is 25.2. The first kappa shape index (κ1) is 95.6. The number of fused-ring (bicyclic) bond motifs is 1. The maximum atomic E-state index is 12.7. The van der Waals surface area contributed by atoms with Crippen LogP contribution in [0.4, 0.5) is 45.3 Å². The summed E-state index contributed by atoms with van der Waals surface area (Å²) in [5.41, 5.74) is 12.4. The van der Waals surface area contributed by atoms with Crippen molar-refractivity contribution in [2.24, 2.45) is 0 Å². The molecular formula is C85H83ClF9N17O7. The Morgan fingerprint density at radius 3 is 1.39 bits per heavy atom. The van der Waals surface area contributed by atoms with E-state index in [0.717, 1.165) is 79.2 Å². The molecule has 0 spiro atoms. The van der Waals surface area contributed by atoms with Gasteiger partial charge in [-0.05, 0) is 193 Å². The monoisotopic (exact) mass is 1660 g/mol. The quantitative estimate of drug-likeness (QED) is 0.0776. The van der Waals surface area contributed by atoms with E-state index in [2.05, 4.69) is 113 Å². The number of methoxy groups -OCH3 is 3. The molecule has 0 atom stereocenters. The molecule has 0 fully saturated rings. The Labute approximate surface area is 686 Å². The predicted octanol–water partition coefficient (Wildman–Crippen LogP) is 21.1. The number of ether oxygens (including phenoxy) is 4. The number of rotatable bonds is 8. The Balaban J connectivity index is 0.000000234. The standard InChI is InChI=1S/C10H9N.2C9H8N2O.C8H8F3NO.C8H7N3O.C7H8ClNO.C7H5F4N.C7H8FNO.C7H8FN.C7H6N2.C6H8N2O/c1-8-6-9-4-2-3-5-10(9)11-7-8;1-7-2-3-8(6-11-7)9-10-4-5-12-9;1-7-2-3-8(11-6-7)9-10-4-5-12-9;1-6-2-3-7(12-4-6)13-5-8(9,10)11;1-6-4-10-7(11-5-6)8-9-2-3-12-8;1-5-3-6(8)7(10-2)9-4-5;1-4-2-5(8)6(12-3-4)7(9,10)11;1-5-3-6(8)7(10-2)9-4-5;1-5-3-6(2)7(8)9-4-5;1-6-3-4-7(8-2)9-5-6;1-5-3-7-6(9-2)8-4-5/h2-7H,1H3;2*2-6H,1H3;2-4H,5H2,1H3;2-5H,1H3;3-4H,1-2H3;2-3H,1H3;3-4H,1-2H3;3-4H,1-2H3;3-5H,1H3;3-4H,1-2H3. The van der Waals surface area contributed by atoms with Crippen molar-refractivity contribution < 1.29 is 71.7 Å². The van der Waals surface area contributed by atoms with Gasteiger partial charge in [0.05, 0.1) is 51.0 Å². The van der Waals surface area contributed by atoms with E-state index in [1.165, 1.54) is 62.0 Å². The van der Waals surface area contributed by atoms with Crippen LogP contribution in [0, 0.1) is 107 Å². The highest BCUT2D eigenvalue weighted by Crippen LogP contribution is 2.30. The van der Waals surface area contributed by atoms with Gasteiger partial charge >= 0.3 is 18.4 Å². The third-order valence-corrected chi connectivity index (χ3v) is 14.4. The first-order valence-corrected chi connectivity index (χ1v) is 35.5. The number of alkyl halides is 6. The predicted molar refractivity (Wildman–Crippen MR) is 430 cm³/mol. The van der Waals surface area contributed by atoms with Gasteiger partial charge in [-0.3, -0.25) is 15.0 Å². The molecule has 119 heavy (non-hydrogen) atoms. The molecule has 15 rings (SSSR count). The Bertz CT molecular complexity index is 5220. The third-order valence-electron chi connectivity index (χ3n) is 14.2. The highest BCUT2D eigenvalue weighted by atomic mass is 35.5. The topological polar surface area (TPSA) is 287 Å². The first-order valence-electron chi connectivity index (χ1n) is 35.2. The molecule has 0 aliphatic rings. The zero-order chi connectivity index (χ0) is 87.5. The van der Waals surface area contributed by atoms with Crippen LogP contribution in [0.5, 0.6) is 23.7 Å². The summed E-state index contributed by atoms with van der Waals surface area (Å²) in [6, 6.07) is 30.8. The molecule has 0 unspecified atom stereocenters. The SMILES string of the molecule is COc1ncc(C)cc1Cl.COc1ncc(C)cc1F.COc1ncc(C)cn1.Cc1ccc(-c2ncco2)cn1.Cc1ccc(-c2ncco2)nc1.Cc1ccc(OCC(F)(F)F)nc1.Cc1cnc(-c2ncco2)nc1.Cc1cnc(C(F)(F)F)c(F)c1.Cc1cnc(F)c(C)c1.Cc1cnc2ccccc2c1.[C-]#[N+]c1ccc(C)cn1. The minimum absolute atomic E-state index is 0.0112. The number of oxazole rings is 3. The number of pyridine rings is 9. The average Bonchev–Trinajstić information content (AvgIpc) is 1.80. The summed E-state index contributed by atoms with van der Waals surface area (Å²) in [6.07, 6.45) is 21.6. The van der Waals surface area contributed by atoms with E-state index in [4.69, 9.17) is 40.9 Å². The van der Waals surface area contributed by atoms with Crippen LogP contribution >= 0.6 is 11.6 Å². The molecule has 0 N–H and O–H groups in total.